The van der Waals surface area contributed by atoms with E-state index in [0.717, 1.165) is 12.3 Å². The van der Waals surface area contributed by atoms with E-state index in [1.807, 2.05) is 6.92 Å². The number of rotatable bonds is 5. The Morgan fingerprint density at radius 1 is 1.64 bits per heavy atom. The number of hydrogen-bond donors (Lipinski definition) is 2. The second-order valence-corrected chi connectivity index (χ2v) is 4.82. The first-order valence-corrected chi connectivity index (χ1v) is 5.55. The molecule has 1 rings (SSSR count). The summed E-state index contributed by atoms with van der Waals surface area (Å²) in [4.78, 5) is 11.7. The lowest BCUT2D eigenvalue weighted by atomic mass is 9.98. The monoisotopic (exact) mass is 198 g/mol. The van der Waals surface area contributed by atoms with Gasteiger partial charge in [-0.2, -0.15) is 0 Å². The average molecular weight is 198 g/mol. The summed E-state index contributed by atoms with van der Waals surface area (Å²) in [7, 11) is 0. The van der Waals surface area contributed by atoms with Gasteiger partial charge in [-0.25, -0.2) is 0 Å². The molecule has 0 heterocycles. The third kappa shape index (κ3) is 3.29. The van der Waals surface area contributed by atoms with Crippen molar-refractivity contribution in [2.24, 2.45) is 11.7 Å². The molecule has 1 aliphatic carbocycles. The fourth-order valence-corrected chi connectivity index (χ4v) is 1.46. The van der Waals surface area contributed by atoms with Crippen LogP contribution in [0.2, 0.25) is 0 Å². The van der Waals surface area contributed by atoms with Crippen molar-refractivity contribution in [3.8, 4) is 0 Å². The van der Waals surface area contributed by atoms with Crippen molar-refractivity contribution in [3.63, 3.8) is 0 Å². The van der Waals surface area contributed by atoms with Gasteiger partial charge in [-0.1, -0.05) is 19.8 Å². The third-order valence-electron chi connectivity index (χ3n) is 3.01. The second-order valence-electron chi connectivity index (χ2n) is 4.82. The highest BCUT2D eigenvalue weighted by Crippen LogP contribution is 2.33. The molecule has 14 heavy (non-hydrogen) atoms. The van der Waals surface area contributed by atoms with Crippen LogP contribution in [0.25, 0.3) is 0 Å². The maximum absolute atomic E-state index is 11.7. The number of amides is 1. The van der Waals surface area contributed by atoms with Crippen LogP contribution in [-0.2, 0) is 4.79 Å². The number of nitrogens with one attached hydrogen (secondary N) is 1. The molecular weight excluding hydrogens is 176 g/mol. The van der Waals surface area contributed by atoms with Crippen LogP contribution in [0.5, 0.6) is 0 Å². The molecule has 1 saturated carbocycles. The maximum Gasteiger partial charge on any atom is 0.239 e. The molecule has 3 N–H and O–H groups in total. The number of hydrogen-bond acceptors (Lipinski definition) is 2. The van der Waals surface area contributed by atoms with Gasteiger partial charge in [0, 0.05) is 6.04 Å². The molecule has 0 aromatic carbocycles. The van der Waals surface area contributed by atoms with Crippen LogP contribution in [0.1, 0.15) is 46.5 Å². The predicted molar refractivity (Wildman–Crippen MR) is 57.8 cm³/mol. The number of nitrogens with two attached hydrogens (primary N) is 1. The average Bonchev–Trinajstić information content (AvgIpc) is 2.88. The molecule has 1 fully saturated rings. The summed E-state index contributed by atoms with van der Waals surface area (Å²) >= 11 is 0. The molecule has 1 aliphatic rings. The van der Waals surface area contributed by atoms with Crippen LogP contribution in [0, 0.1) is 5.92 Å². The fraction of sp³-hybridized carbons (Fsp3) is 0.909. The summed E-state index contributed by atoms with van der Waals surface area (Å²) < 4.78 is 0. The van der Waals surface area contributed by atoms with Crippen molar-refractivity contribution in [1.82, 2.24) is 5.32 Å². The van der Waals surface area contributed by atoms with E-state index in [9.17, 15) is 4.79 Å². The highest BCUT2D eigenvalue weighted by atomic mass is 16.2. The van der Waals surface area contributed by atoms with E-state index in [1.54, 1.807) is 6.92 Å². The lowest BCUT2D eigenvalue weighted by Gasteiger charge is -2.24. The molecule has 0 bridgehead atoms. The molecule has 82 valence electrons. The van der Waals surface area contributed by atoms with Gasteiger partial charge in [-0.3, -0.25) is 4.79 Å². The summed E-state index contributed by atoms with van der Waals surface area (Å²) in [5.74, 6) is 0.823. The van der Waals surface area contributed by atoms with Crippen molar-refractivity contribution in [2.75, 3.05) is 0 Å². The third-order valence-corrected chi connectivity index (χ3v) is 3.01. The van der Waals surface area contributed by atoms with Gasteiger partial charge >= 0.3 is 0 Å². The lowest BCUT2D eigenvalue weighted by molar-refractivity contribution is -0.126. The zero-order valence-electron chi connectivity index (χ0n) is 9.47. The van der Waals surface area contributed by atoms with E-state index in [-0.39, 0.29) is 11.9 Å². The smallest absolute Gasteiger partial charge is 0.239 e. The molecule has 0 aromatic heterocycles. The lowest BCUT2D eigenvalue weighted by Crippen LogP contribution is -2.53. The van der Waals surface area contributed by atoms with Gasteiger partial charge in [0.1, 0.15) is 0 Å². The predicted octanol–water partition coefficient (Wildman–Crippen LogP) is 1.42. The van der Waals surface area contributed by atoms with Gasteiger partial charge in [0.05, 0.1) is 5.54 Å². The minimum atomic E-state index is -0.711. The highest BCUT2D eigenvalue weighted by Gasteiger charge is 2.29. The minimum Gasteiger partial charge on any atom is -0.352 e. The molecule has 3 nitrogen and oxygen atoms in total. The largest absolute Gasteiger partial charge is 0.352 e. The zero-order chi connectivity index (χ0) is 10.8. The standard InChI is InChI=1S/C11H22N2O/c1-4-11(3,12)10(14)13-8(2)7-9-5-6-9/h8-9H,4-7,12H2,1-3H3,(H,13,14). The Bertz CT molecular complexity index is 209. The van der Waals surface area contributed by atoms with Gasteiger partial charge in [-0.15, -0.1) is 0 Å². The summed E-state index contributed by atoms with van der Waals surface area (Å²) in [5, 5.41) is 2.98. The van der Waals surface area contributed by atoms with Crippen LogP contribution in [-0.4, -0.2) is 17.5 Å². The van der Waals surface area contributed by atoms with E-state index in [2.05, 4.69) is 12.2 Å². The summed E-state index contributed by atoms with van der Waals surface area (Å²) in [5.41, 5.74) is 5.13. The molecular formula is C11H22N2O. The van der Waals surface area contributed by atoms with Crippen LogP contribution in [0.15, 0.2) is 0 Å². The van der Waals surface area contributed by atoms with Gasteiger partial charge in [0.25, 0.3) is 0 Å². The van der Waals surface area contributed by atoms with Crippen molar-refractivity contribution < 1.29 is 4.79 Å². The quantitative estimate of drug-likeness (QED) is 0.702. The molecule has 2 atom stereocenters. The van der Waals surface area contributed by atoms with Gasteiger partial charge in [0.15, 0.2) is 0 Å². The molecule has 0 aliphatic heterocycles. The Kier molecular flexibility index (Phi) is 3.53. The van der Waals surface area contributed by atoms with E-state index in [0.29, 0.717) is 6.42 Å². The van der Waals surface area contributed by atoms with Crippen molar-refractivity contribution in [1.29, 1.82) is 0 Å². The molecule has 2 unspecified atom stereocenters. The zero-order valence-corrected chi connectivity index (χ0v) is 9.47. The van der Waals surface area contributed by atoms with E-state index in [4.69, 9.17) is 5.73 Å². The fourth-order valence-electron chi connectivity index (χ4n) is 1.46. The normalized spacial score (nSPS) is 22.6. The summed E-state index contributed by atoms with van der Waals surface area (Å²) in [6.45, 7) is 5.78. The molecule has 0 saturated heterocycles. The van der Waals surface area contributed by atoms with Crippen molar-refractivity contribution in [2.45, 2.75) is 58.0 Å². The van der Waals surface area contributed by atoms with E-state index in [1.165, 1.54) is 12.8 Å². The SMILES string of the molecule is CCC(C)(N)C(=O)NC(C)CC1CC1. The first-order chi connectivity index (χ1) is 6.45. The van der Waals surface area contributed by atoms with Crippen LogP contribution in [0.3, 0.4) is 0 Å². The Morgan fingerprint density at radius 3 is 2.64 bits per heavy atom. The topological polar surface area (TPSA) is 55.1 Å². The number of carbonyl (C=O) groups excluding carboxylic acids is 1. The second kappa shape index (κ2) is 4.30. The first kappa shape index (κ1) is 11.5. The first-order valence-electron chi connectivity index (χ1n) is 5.55. The molecule has 1 amide bonds. The molecule has 0 radical (unpaired) electrons. The molecule has 0 spiro atoms. The molecule has 0 aromatic rings. The highest BCUT2D eigenvalue weighted by molar-refractivity contribution is 5.85. The summed E-state index contributed by atoms with van der Waals surface area (Å²) in [6.07, 6.45) is 4.43. The van der Waals surface area contributed by atoms with Gasteiger partial charge in [-0.05, 0) is 32.6 Å². The van der Waals surface area contributed by atoms with E-state index < -0.39 is 5.54 Å². The van der Waals surface area contributed by atoms with E-state index >= 15 is 0 Å². The van der Waals surface area contributed by atoms with Gasteiger partial charge in [0.2, 0.25) is 5.91 Å². The van der Waals surface area contributed by atoms with Crippen molar-refractivity contribution in [3.05, 3.63) is 0 Å². The Hall–Kier alpha value is -0.570. The maximum atomic E-state index is 11.7. The summed E-state index contributed by atoms with van der Waals surface area (Å²) in [6, 6.07) is 0.268. The van der Waals surface area contributed by atoms with Crippen LogP contribution >= 0.6 is 0 Å². The Labute approximate surface area is 86.4 Å². The Morgan fingerprint density at radius 2 is 2.21 bits per heavy atom. The minimum absolute atomic E-state index is 0.0202. The molecule has 3 heteroatoms. The van der Waals surface area contributed by atoms with Crippen LogP contribution < -0.4 is 11.1 Å². The van der Waals surface area contributed by atoms with Gasteiger partial charge < -0.3 is 11.1 Å². The van der Waals surface area contributed by atoms with Crippen LogP contribution in [0.4, 0.5) is 0 Å². The van der Waals surface area contributed by atoms with Crippen molar-refractivity contribution >= 4 is 5.91 Å². The number of carbonyl (C=O) groups is 1. The Balaban J connectivity index is 2.30.